The van der Waals surface area contributed by atoms with Crippen LogP contribution < -0.4 is 0 Å². The molecule has 17 heavy (non-hydrogen) atoms. The van der Waals surface area contributed by atoms with E-state index in [-0.39, 0.29) is 16.8 Å². The van der Waals surface area contributed by atoms with Crippen LogP contribution in [0.15, 0.2) is 0 Å². The predicted octanol–water partition coefficient (Wildman–Crippen LogP) is 2.70. The van der Waals surface area contributed by atoms with Gasteiger partial charge >= 0.3 is 6.09 Å². The van der Waals surface area contributed by atoms with Gasteiger partial charge in [0.05, 0.1) is 6.04 Å². The number of amides is 2. The molecule has 1 saturated heterocycles. The van der Waals surface area contributed by atoms with Gasteiger partial charge in [-0.1, -0.05) is 15.9 Å². The highest BCUT2D eigenvalue weighted by Crippen LogP contribution is 2.42. The minimum absolute atomic E-state index is 0.0163. The third kappa shape index (κ3) is 2.49. The molecule has 3 atom stereocenters. The van der Waals surface area contributed by atoms with E-state index >= 15 is 0 Å². The number of halogens is 1. The summed E-state index contributed by atoms with van der Waals surface area (Å²) in [5.41, 5.74) is -0.560. The van der Waals surface area contributed by atoms with E-state index in [0.717, 1.165) is 12.8 Å². The maximum absolute atomic E-state index is 12.0. The lowest BCUT2D eigenvalue weighted by Crippen LogP contribution is -2.45. The summed E-state index contributed by atoms with van der Waals surface area (Å²) >= 11 is 3.56. The van der Waals surface area contributed by atoms with Gasteiger partial charge in [0.15, 0.2) is 0 Å². The van der Waals surface area contributed by atoms with Crippen LogP contribution in [0.3, 0.4) is 0 Å². The summed E-state index contributed by atoms with van der Waals surface area (Å²) in [6.45, 7) is 5.43. The first-order chi connectivity index (χ1) is 7.79. The maximum Gasteiger partial charge on any atom is 0.417 e. The number of nitrogens with zero attached hydrogens (tertiary/aromatic N) is 1. The van der Waals surface area contributed by atoms with Gasteiger partial charge in [-0.2, -0.15) is 0 Å². The lowest BCUT2D eigenvalue weighted by Gasteiger charge is -2.28. The fraction of sp³-hybridized carbons (Fsp3) is 0.833. The summed E-state index contributed by atoms with van der Waals surface area (Å²) in [6.07, 6.45) is 2.00. The zero-order chi connectivity index (χ0) is 12.8. The monoisotopic (exact) mass is 303 g/mol. The normalized spacial score (nSPS) is 32.8. The van der Waals surface area contributed by atoms with Crippen molar-refractivity contribution in [2.75, 3.05) is 0 Å². The van der Waals surface area contributed by atoms with Crippen LogP contribution >= 0.6 is 15.9 Å². The molecule has 1 heterocycles. The van der Waals surface area contributed by atoms with E-state index in [0.29, 0.717) is 12.3 Å². The summed E-state index contributed by atoms with van der Waals surface area (Å²) < 4.78 is 5.29. The molecule has 0 radical (unpaired) electrons. The third-order valence-corrected chi connectivity index (χ3v) is 4.26. The van der Waals surface area contributed by atoms with Crippen LogP contribution in [0.5, 0.6) is 0 Å². The van der Waals surface area contributed by atoms with Crippen molar-refractivity contribution in [1.82, 2.24) is 4.90 Å². The van der Waals surface area contributed by atoms with Crippen molar-refractivity contribution in [3.63, 3.8) is 0 Å². The number of alkyl halides is 1. The highest BCUT2D eigenvalue weighted by atomic mass is 79.9. The van der Waals surface area contributed by atoms with Gasteiger partial charge in [-0.15, -0.1) is 0 Å². The highest BCUT2D eigenvalue weighted by molar-refractivity contribution is 9.09. The van der Waals surface area contributed by atoms with Crippen LogP contribution in [-0.4, -0.2) is 33.4 Å². The van der Waals surface area contributed by atoms with Crippen molar-refractivity contribution in [2.24, 2.45) is 5.92 Å². The summed E-state index contributed by atoms with van der Waals surface area (Å²) in [4.78, 5) is 25.4. The van der Waals surface area contributed by atoms with E-state index < -0.39 is 11.7 Å². The number of hydrogen-bond donors (Lipinski definition) is 0. The second-order valence-corrected chi connectivity index (χ2v) is 6.97. The number of hydrogen-bond acceptors (Lipinski definition) is 3. The van der Waals surface area contributed by atoms with E-state index in [1.54, 1.807) is 0 Å². The predicted molar refractivity (Wildman–Crippen MR) is 66.9 cm³/mol. The lowest BCUT2D eigenvalue weighted by atomic mass is 10.0. The van der Waals surface area contributed by atoms with Gasteiger partial charge in [-0.3, -0.25) is 4.79 Å². The van der Waals surface area contributed by atoms with Gasteiger partial charge in [0.1, 0.15) is 5.60 Å². The SMILES string of the molecule is CC(C)(C)OC(=O)N1C(=O)C[C@H]2CC[C@H](Br)[C@H]21. The molecule has 0 aromatic carbocycles. The first kappa shape index (κ1) is 12.9. The number of carbonyl (C=O) groups excluding carboxylic acids is 2. The molecule has 0 aromatic heterocycles. The number of ether oxygens (including phenoxy) is 1. The van der Waals surface area contributed by atoms with Crippen LogP contribution in [-0.2, 0) is 9.53 Å². The van der Waals surface area contributed by atoms with Crippen molar-refractivity contribution >= 4 is 27.9 Å². The molecule has 0 N–H and O–H groups in total. The standard InChI is InChI=1S/C12H18BrNO3/c1-12(2,3)17-11(16)14-9(15)6-7-4-5-8(13)10(7)14/h7-8,10H,4-6H2,1-3H3/t7-,8+,10+/m1/s1. The number of likely N-dealkylation sites (tertiary alicyclic amines) is 1. The van der Waals surface area contributed by atoms with Gasteiger partial charge in [0.25, 0.3) is 0 Å². The summed E-state index contributed by atoms with van der Waals surface area (Å²) in [6, 6.07) is -0.0163. The average molecular weight is 304 g/mol. The quantitative estimate of drug-likeness (QED) is 0.646. The molecule has 0 aromatic rings. The van der Waals surface area contributed by atoms with E-state index in [1.165, 1.54) is 4.90 Å². The molecular weight excluding hydrogens is 286 g/mol. The molecular formula is C12H18BrNO3. The topological polar surface area (TPSA) is 46.6 Å². The molecule has 96 valence electrons. The molecule has 0 unspecified atom stereocenters. The average Bonchev–Trinajstić information content (AvgIpc) is 2.63. The molecule has 2 rings (SSSR count). The first-order valence-corrected chi connectivity index (χ1v) is 6.90. The molecule has 2 fully saturated rings. The Morgan fingerprint density at radius 3 is 2.65 bits per heavy atom. The van der Waals surface area contributed by atoms with Gasteiger partial charge in [-0.05, 0) is 39.5 Å². The summed E-state index contributed by atoms with van der Waals surface area (Å²) in [5, 5.41) is 0. The Balaban J connectivity index is 2.14. The number of imide groups is 1. The Kier molecular flexibility index (Phi) is 3.23. The first-order valence-electron chi connectivity index (χ1n) is 5.99. The smallest absolute Gasteiger partial charge is 0.417 e. The zero-order valence-electron chi connectivity index (χ0n) is 10.4. The van der Waals surface area contributed by atoms with Crippen molar-refractivity contribution in [1.29, 1.82) is 0 Å². The molecule has 1 saturated carbocycles. The largest absolute Gasteiger partial charge is 0.443 e. The van der Waals surface area contributed by atoms with Crippen LogP contribution in [0.1, 0.15) is 40.0 Å². The third-order valence-electron chi connectivity index (χ3n) is 3.26. The highest BCUT2D eigenvalue weighted by Gasteiger charge is 2.50. The van der Waals surface area contributed by atoms with Crippen molar-refractivity contribution in [2.45, 2.75) is 56.5 Å². The Hall–Kier alpha value is -0.580. The van der Waals surface area contributed by atoms with Gasteiger partial charge in [0, 0.05) is 11.2 Å². The zero-order valence-corrected chi connectivity index (χ0v) is 12.0. The number of carbonyl (C=O) groups is 2. The van der Waals surface area contributed by atoms with Gasteiger partial charge in [0.2, 0.25) is 5.91 Å². The number of rotatable bonds is 0. The van der Waals surface area contributed by atoms with E-state index in [2.05, 4.69) is 15.9 Å². The van der Waals surface area contributed by atoms with Crippen LogP contribution in [0.2, 0.25) is 0 Å². The second kappa shape index (κ2) is 4.26. The molecule has 1 aliphatic carbocycles. The molecule has 4 nitrogen and oxygen atoms in total. The van der Waals surface area contributed by atoms with E-state index in [1.807, 2.05) is 20.8 Å². The minimum atomic E-state index is -0.560. The fourth-order valence-corrected chi connectivity index (χ4v) is 3.56. The van der Waals surface area contributed by atoms with Crippen LogP contribution in [0, 0.1) is 5.92 Å². The number of fused-ring (bicyclic) bond motifs is 1. The van der Waals surface area contributed by atoms with E-state index in [9.17, 15) is 9.59 Å². The molecule has 2 aliphatic rings. The molecule has 1 aliphatic heterocycles. The Morgan fingerprint density at radius 2 is 2.06 bits per heavy atom. The molecule has 2 amide bonds. The van der Waals surface area contributed by atoms with Crippen LogP contribution in [0.4, 0.5) is 4.79 Å². The maximum atomic E-state index is 12.0. The Morgan fingerprint density at radius 1 is 1.41 bits per heavy atom. The Labute approximate surface area is 110 Å². The van der Waals surface area contributed by atoms with Crippen LogP contribution in [0.25, 0.3) is 0 Å². The van der Waals surface area contributed by atoms with Crippen molar-refractivity contribution in [3.8, 4) is 0 Å². The summed E-state index contributed by atoms with van der Waals surface area (Å²) in [5.74, 6) is 0.206. The lowest BCUT2D eigenvalue weighted by molar-refractivity contribution is -0.128. The Bertz CT molecular complexity index is 350. The second-order valence-electron chi connectivity index (χ2n) is 5.79. The van der Waals surface area contributed by atoms with Gasteiger partial charge in [-0.25, -0.2) is 9.69 Å². The molecule has 0 spiro atoms. The summed E-state index contributed by atoms with van der Waals surface area (Å²) in [7, 11) is 0. The fourth-order valence-electron chi connectivity index (χ4n) is 2.63. The molecule has 5 heteroatoms. The van der Waals surface area contributed by atoms with Crippen molar-refractivity contribution in [3.05, 3.63) is 0 Å². The van der Waals surface area contributed by atoms with Crippen molar-refractivity contribution < 1.29 is 14.3 Å². The van der Waals surface area contributed by atoms with E-state index in [4.69, 9.17) is 4.74 Å². The minimum Gasteiger partial charge on any atom is -0.443 e. The molecule has 0 bridgehead atoms. The van der Waals surface area contributed by atoms with Gasteiger partial charge < -0.3 is 4.74 Å².